The molecule has 0 fully saturated rings. The zero-order chi connectivity index (χ0) is 14.7. The summed E-state index contributed by atoms with van der Waals surface area (Å²) < 4.78 is 1.76. The lowest BCUT2D eigenvalue weighted by atomic mass is 9.94. The van der Waals surface area contributed by atoms with Gasteiger partial charge in [-0.1, -0.05) is 29.8 Å². The molecular weight excluding hydrogens is 252 g/mol. The number of benzene rings is 1. The van der Waals surface area contributed by atoms with Crippen molar-refractivity contribution >= 4 is 5.97 Å². The lowest BCUT2D eigenvalue weighted by Crippen LogP contribution is -2.20. The summed E-state index contributed by atoms with van der Waals surface area (Å²) in [7, 11) is 1.85. The molecule has 0 spiro atoms. The van der Waals surface area contributed by atoms with E-state index in [0.29, 0.717) is 12.8 Å². The van der Waals surface area contributed by atoms with Crippen molar-refractivity contribution in [1.82, 2.24) is 9.78 Å². The summed E-state index contributed by atoms with van der Waals surface area (Å²) in [6.45, 7) is 3.94. The normalized spacial score (nSPS) is 12.3. The van der Waals surface area contributed by atoms with E-state index in [1.54, 1.807) is 4.68 Å². The molecule has 0 amide bonds. The number of hydrogen-bond acceptors (Lipinski definition) is 2. The Labute approximate surface area is 119 Å². The average Bonchev–Trinajstić information content (AvgIpc) is 2.69. The first kappa shape index (κ1) is 14.3. The maximum absolute atomic E-state index is 11.5. The van der Waals surface area contributed by atoms with Crippen molar-refractivity contribution in [3.63, 3.8) is 0 Å². The van der Waals surface area contributed by atoms with Gasteiger partial charge in [-0.3, -0.25) is 9.48 Å². The van der Waals surface area contributed by atoms with Crippen LogP contribution in [-0.4, -0.2) is 20.9 Å². The van der Waals surface area contributed by atoms with Crippen molar-refractivity contribution in [2.75, 3.05) is 0 Å². The van der Waals surface area contributed by atoms with E-state index in [9.17, 15) is 9.90 Å². The molecule has 1 atom stereocenters. The molecule has 4 nitrogen and oxygen atoms in total. The molecule has 1 N–H and O–H groups in total. The fraction of sp³-hybridized carbons (Fsp3) is 0.375. The molecule has 1 heterocycles. The highest BCUT2D eigenvalue weighted by molar-refractivity contribution is 5.70. The van der Waals surface area contributed by atoms with Crippen molar-refractivity contribution in [1.29, 1.82) is 0 Å². The lowest BCUT2D eigenvalue weighted by Gasteiger charge is -2.12. The topological polar surface area (TPSA) is 55.1 Å². The summed E-state index contributed by atoms with van der Waals surface area (Å²) in [5.74, 6) is -1.18. The highest BCUT2D eigenvalue weighted by atomic mass is 16.4. The van der Waals surface area contributed by atoms with Gasteiger partial charge in [-0.2, -0.15) is 5.10 Å². The van der Waals surface area contributed by atoms with Crippen LogP contribution in [0.15, 0.2) is 30.3 Å². The fourth-order valence-corrected chi connectivity index (χ4v) is 2.36. The van der Waals surface area contributed by atoms with Crippen LogP contribution in [0.3, 0.4) is 0 Å². The molecule has 1 aromatic heterocycles. The number of aliphatic carboxylic acids is 1. The number of aromatic nitrogens is 2. The van der Waals surface area contributed by atoms with Crippen molar-refractivity contribution in [3.05, 3.63) is 52.8 Å². The minimum atomic E-state index is -0.760. The second kappa shape index (κ2) is 5.90. The number of carboxylic acids is 1. The number of rotatable bonds is 5. The van der Waals surface area contributed by atoms with Crippen LogP contribution in [0.1, 0.15) is 22.5 Å². The van der Waals surface area contributed by atoms with Crippen LogP contribution in [0, 0.1) is 19.8 Å². The average molecular weight is 272 g/mol. The van der Waals surface area contributed by atoms with Crippen LogP contribution in [0.25, 0.3) is 0 Å². The van der Waals surface area contributed by atoms with Crippen LogP contribution in [0.4, 0.5) is 0 Å². The van der Waals surface area contributed by atoms with Crippen LogP contribution in [0.5, 0.6) is 0 Å². The second-order valence-corrected chi connectivity index (χ2v) is 5.33. The Kier molecular flexibility index (Phi) is 4.23. The summed E-state index contributed by atoms with van der Waals surface area (Å²) in [6.07, 6.45) is 1.04. The van der Waals surface area contributed by atoms with Gasteiger partial charge < -0.3 is 5.11 Å². The van der Waals surface area contributed by atoms with E-state index in [4.69, 9.17) is 0 Å². The Morgan fingerprint density at radius 1 is 1.25 bits per heavy atom. The molecule has 1 aromatic carbocycles. The molecule has 0 radical (unpaired) electrons. The van der Waals surface area contributed by atoms with E-state index in [1.807, 2.05) is 51.2 Å². The van der Waals surface area contributed by atoms with Gasteiger partial charge in [0.2, 0.25) is 0 Å². The van der Waals surface area contributed by atoms with E-state index in [2.05, 4.69) is 5.10 Å². The highest BCUT2D eigenvalue weighted by Crippen LogP contribution is 2.16. The third-order valence-corrected chi connectivity index (χ3v) is 3.51. The maximum atomic E-state index is 11.5. The number of carboxylic acid groups (broad SMARTS) is 1. The van der Waals surface area contributed by atoms with Crippen molar-refractivity contribution in [2.45, 2.75) is 26.7 Å². The minimum Gasteiger partial charge on any atom is -0.481 e. The molecule has 2 aromatic rings. The van der Waals surface area contributed by atoms with E-state index in [0.717, 1.165) is 17.0 Å². The molecule has 20 heavy (non-hydrogen) atoms. The summed E-state index contributed by atoms with van der Waals surface area (Å²) in [4.78, 5) is 11.5. The number of nitrogens with zero attached hydrogens (tertiary/aromatic N) is 2. The van der Waals surface area contributed by atoms with Crippen molar-refractivity contribution < 1.29 is 9.90 Å². The first-order chi connectivity index (χ1) is 9.45. The molecule has 0 saturated heterocycles. The zero-order valence-corrected chi connectivity index (χ0v) is 12.1. The number of carbonyl (C=O) groups is 1. The number of aryl methyl sites for hydroxylation is 3. The van der Waals surface area contributed by atoms with Crippen molar-refractivity contribution in [3.8, 4) is 0 Å². The van der Waals surface area contributed by atoms with E-state index >= 15 is 0 Å². The lowest BCUT2D eigenvalue weighted by molar-refractivity contribution is -0.141. The van der Waals surface area contributed by atoms with Gasteiger partial charge in [0.25, 0.3) is 0 Å². The first-order valence-electron chi connectivity index (χ1n) is 6.73. The SMILES string of the molecule is Cc1ccc(CC(Cc2cc(C)nn2C)C(=O)O)cc1. The summed E-state index contributed by atoms with van der Waals surface area (Å²) >= 11 is 0. The molecule has 1 unspecified atom stereocenters. The van der Waals surface area contributed by atoms with Crippen LogP contribution in [-0.2, 0) is 24.7 Å². The Hall–Kier alpha value is -2.10. The quantitative estimate of drug-likeness (QED) is 0.910. The predicted molar refractivity (Wildman–Crippen MR) is 77.7 cm³/mol. The Bertz CT molecular complexity index is 599. The Morgan fingerprint density at radius 3 is 2.40 bits per heavy atom. The van der Waals surface area contributed by atoms with Gasteiger partial charge in [-0.25, -0.2) is 0 Å². The molecule has 0 aliphatic heterocycles. The molecule has 0 saturated carbocycles. The largest absolute Gasteiger partial charge is 0.481 e. The predicted octanol–water partition coefficient (Wildman–Crippen LogP) is 2.52. The van der Waals surface area contributed by atoms with Crippen molar-refractivity contribution in [2.24, 2.45) is 13.0 Å². The van der Waals surface area contributed by atoms with Gasteiger partial charge in [0.1, 0.15) is 0 Å². The van der Waals surface area contributed by atoms with Gasteiger partial charge in [-0.05, 0) is 31.9 Å². The third-order valence-electron chi connectivity index (χ3n) is 3.51. The summed E-state index contributed by atoms with van der Waals surface area (Å²) in [6, 6.07) is 9.98. The molecule has 4 heteroatoms. The minimum absolute atomic E-state index is 0.424. The fourth-order valence-electron chi connectivity index (χ4n) is 2.36. The van der Waals surface area contributed by atoms with Crippen LogP contribution >= 0.6 is 0 Å². The number of hydrogen-bond donors (Lipinski definition) is 1. The molecule has 0 aliphatic carbocycles. The molecular formula is C16H20N2O2. The van der Waals surface area contributed by atoms with Crippen LogP contribution in [0.2, 0.25) is 0 Å². The summed E-state index contributed by atoms with van der Waals surface area (Å²) in [5, 5.41) is 13.7. The van der Waals surface area contributed by atoms with Gasteiger partial charge in [0, 0.05) is 19.2 Å². The van der Waals surface area contributed by atoms with E-state index in [1.165, 1.54) is 5.56 Å². The second-order valence-electron chi connectivity index (χ2n) is 5.33. The zero-order valence-electron chi connectivity index (χ0n) is 12.1. The standard InChI is InChI=1S/C16H20N2O2/c1-11-4-6-13(7-5-11)9-14(16(19)20)10-15-8-12(2)17-18(15)3/h4-8,14H,9-10H2,1-3H3,(H,19,20). The monoisotopic (exact) mass is 272 g/mol. The molecule has 0 aliphatic rings. The van der Waals surface area contributed by atoms with Gasteiger partial charge in [0.15, 0.2) is 0 Å². The highest BCUT2D eigenvalue weighted by Gasteiger charge is 2.20. The van der Waals surface area contributed by atoms with Crippen LogP contribution < -0.4 is 0 Å². The van der Waals surface area contributed by atoms with Gasteiger partial charge in [-0.15, -0.1) is 0 Å². The molecule has 2 rings (SSSR count). The summed E-state index contributed by atoms with van der Waals surface area (Å²) in [5.41, 5.74) is 4.12. The molecule has 106 valence electrons. The first-order valence-corrected chi connectivity index (χ1v) is 6.73. The van der Waals surface area contributed by atoms with E-state index < -0.39 is 11.9 Å². The third kappa shape index (κ3) is 3.47. The van der Waals surface area contributed by atoms with E-state index in [-0.39, 0.29) is 0 Å². The maximum Gasteiger partial charge on any atom is 0.307 e. The molecule has 0 bridgehead atoms. The smallest absolute Gasteiger partial charge is 0.307 e. The Morgan fingerprint density at radius 2 is 1.90 bits per heavy atom. The Balaban J connectivity index is 2.13. The van der Waals surface area contributed by atoms with Gasteiger partial charge in [0.05, 0.1) is 11.6 Å². The van der Waals surface area contributed by atoms with Gasteiger partial charge >= 0.3 is 5.97 Å².